The molecule has 1 aliphatic heterocycles. The van der Waals surface area contributed by atoms with Crippen molar-refractivity contribution in [3.8, 4) is 6.07 Å². The molecule has 0 saturated carbocycles. The molecule has 0 fully saturated rings. The van der Waals surface area contributed by atoms with Gasteiger partial charge < -0.3 is 4.90 Å². The van der Waals surface area contributed by atoms with Crippen LogP contribution in [-0.2, 0) is 4.79 Å². The highest BCUT2D eigenvalue weighted by atomic mass is 16.2. The molecule has 0 saturated heterocycles. The zero-order chi connectivity index (χ0) is 11.9. The van der Waals surface area contributed by atoms with Crippen LogP contribution in [0, 0.1) is 22.7 Å². The second-order valence-electron chi connectivity index (χ2n) is 4.91. The summed E-state index contributed by atoms with van der Waals surface area (Å²) in [6.45, 7) is 4.11. The lowest BCUT2D eigenvalue weighted by atomic mass is 9.64. The van der Waals surface area contributed by atoms with Crippen molar-refractivity contribution in [2.45, 2.75) is 26.7 Å². The van der Waals surface area contributed by atoms with Crippen molar-refractivity contribution >= 4 is 5.91 Å². The van der Waals surface area contributed by atoms with Gasteiger partial charge in [0, 0.05) is 13.2 Å². The van der Waals surface area contributed by atoms with E-state index in [4.69, 9.17) is 0 Å². The average molecular weight is 216 g/mol. The number of hydrogen-bond acceptors (Lipinski definition) is 2. The van der Waals surface area contributed by atoms with Gasteiger partial charge in [0.2, 0.25) is 5.91 Å². The number of carbonyl (C=O) groups excluding carboxylic acids is 1. The lowest BCUT2D eigenvalue weighted by Gasteiger charge is -2.41. The van der Waals surface area contributed by atoms with Gasteiger partial charge in [0.25, 0.3) is 0 Å². The number of nitrogens with zero attached hydrogens (tertiary/aromatic N) is 2. The monoisotopic (exact) mass is 216 g/mol. The van der Waals surface area contributed by atoms with Crippen molar-refractivity contribution in [3.05, 3.63) is 23.4 Å². The number of allylic oxidation sites excluding steroid dienone is 3. The molecule has 3 heteroatoms. The summed E-state index contributed by atoms with van der Waals surface area (Å²) in [6, 6.07) is 2.35. The second-order valence-corrected chi connectivity index (χ2v) is 4.91. The van der Waals surface area contributed by atoms with Gasteiger partial charge in [0.05, 0.1) is 17.4 Å². The van der Waals surface area contributed by atoms with Gasteiger partial charge in [-0.25, -0.2) is 0 Å². The predicted octanol–water partition coefficient (Wildman–Crippen LogP) is 2.23. The van der Waals surface area contributed by atoms with Crippen LogP contribution in [0.1, 0.15) is 26.7 Å². The normalized spacial score (nSPS) is 33.8. The largest absolute Gasteiger partial charge is 0.322 e. The molecule has 1 heterocycles. The Kier molecular flexibility index (Phi) is 2.38. The van der Waals surface area contributed by atoms with Gasteiger partial charge in [0.15, 0.2) is 0 Å². The Balaban J connectivity index is 2.50. The molecule has 0 spiro atoms. The highest BCUT2D eigenvalue weighted by molar-refractivity contribution is 5.83. The Bertz CT molecular complexity index is 441. The van der Waals surface area contributed by atoms with E-state index in [0.29, 0.717) is 12.8 Å². The smallest absolute Gasteiger partial charge is 0.231 e. The van der Waals surface area contributed by atoms with Gasteiger partial charge in [-0.15, -0.1) is 0 Å². The molecule has 0 bridgehead atoms. The number of carbonyl (C=O) groups is 1. The summed E-state index contributed by atoms with van der Waals surface area (Å²) in [6.07, 6.45) is 5.04. The van der Waals surface area contributed by atoms with Gasteiger partial charge >= 0.3 is 0 Å². The van der Waals surface area contributed by atoms with Crippen molar-refractivity contribution in [2.24, 2.45) is 11.3 Å². The van der Waals surface area contributed by atoms with Crippen LogP contribution in [0.2, 0.25) is 0 Å². The molecule has 0 aromatic carbocycles. The summed E-state index contributed by atoms with van der Waals surface area (Å²) in [4.78, 5) is 13.7. The minimum Gasteiger partial charge on any atom is -0.322 e. The van der Waals surface area contributed by atoms with Crippen molar-refractivity contribution in [3.63, 3.8) is 0 Å². The van der Waals surface area contributed by atoms with Crippen LogP contribution in [0.3, 0.4) is 0 Å². The Morgan fingerprint density at radius 2 is 2.19 bits per heavy atom. The highest BCUT2D eigenvalue weighted by Crippen LogP contribution is 2.47. The second kappa shape index (κ2) is 3.48. The van der Waals surface area contributed by atoms with Gasteiger partial charge in [-0.3, -0.25) is 4.79 Å². The van der Waals surface area contributed by atoms with Crippen LogP contribution < -0.4 is 0 Å². The lowest BCUT2D eigenvalue weighted by Crippen LogP contribution is -2.45. The third-order valence-electron chi connectivity index (χ3n) is 3.87. The maximum atomic E-state index is 12.1. The Labute approximate surface area is 96.0 Å². The molecule has 0 aromatic rings. The molecule has 2 unspecified atom stereocenters. The number of nitriles is 1. The zero-order valence-corrected chi connectivity index (χ0v) is 9.95. The van der Waals surface area contributed by atoms with Crippen molar-refractivity contribution in [1.29, 1.82) is 5.26 Å². The first kappa shape index (κ1) is 10.9. The highest BCUT2D eigenvalue weighted by Gasteiger charge is 2.47. The summed E-state index contributed by atoms with van der Waals surface area (Å²) < 4.78 is 0. The Hall–Kier alpha value is -1.56. The van der Waals surface area contributed by atoms with Gasteiger partial charge in [-0.1, -0.05) is 11.1 Å². The van der Waals surface area contributed by atoms with E-state index in [9.17, 15) is 10.1 Å². The van der Waals surface area contributed by atoms with Gasteiger partial charge in [-0.2, -0.15) is 5.26 Å². The first-order valence-corrected chi connectivity index (χ1v) is 5.53. The topological polar surface area (TPSA) is 44.1 Å². The number of fused-ring (bicyclic) bond motifs is 1. The minimum absolute atomic E-state index is 0.0656. The van der Waals surface area contributed by atoms with Crippen molar-refractivity contribution < 1.29 is 4.79 Å². The SMILES string of the molecule is CC1=C(C)CC2(C#N)C=CN(C)C(=O)C2C1. The molecule has 1 aliphatic carbocycles. The molecule has 0 radical (unpaired) electrons. The molecule has 3 nitrogen and oxygen atoms in total. The maximum absolute atomic E-state index is 12.1. The van der Waals surface area contributed by atoms with E-state index in [-0.39, 0.29) is 11.8 Å². The first-order chi connectivity index (χ1) is 7.50. The quantitative estimate of drug-likeness (QED) is 0.583. The Morgan fingerprint density at radius 3 is 2.81 bits per heavy atom. The van der Waals surface area contributed by atoms with E-state index in [2.05, 4.69) is 19.9 Å². The molecule has 2 atom stereocenters. The number of rotatable bonds is 0. The molecule has 1 amide bonds. The summed E-state index contributed by atoms with van der Waals surface area (Å²) in [5, 5.41) is 9.39. The van der Waals surface area contributed by atoms with Crippen LogP contribution in [0.5, 0.6) is 0 Å². The fourth-order valence-electron chi connectivity index (χ4n) is 2.58. The molecule has 0 aromatic heterocycles. The van der Waals surface area contributed by atoms with Crippen LogP contribution in [0.4, 0.5) is 0 Å². The van der Waals surface area contributed by atoms with E-state index in [1.807, 2.05) is 6.08 Å². The molecule has 0 N–H and O–H groups in total. The molecule has 16 heavy (non-hydrogen) atoms. The minimum atomic E-state index is -0.604. The summed E-state index contributed by atoms with van der Waals surface area (Å²) in [7, 11) is 1.75. The summed E-state index contributed by atoms with van der Waals surface area (Å²) >= 11 is 0. The zero-order valence-electron chi connectivity index (χ0n) is 9.95. The van der Waals surface area contributed by atoms with Crippen LogP contribution in [0.15, 0.2) is 23.4 Å². The number of amides is 1. The summed E-state index contributed by atoms with van der Waals surface area (Å²) in [5.41, 5.74) is 1.90. The number of hydrogen-bond donors (Lipinski definition) is 0. The van der Waals surface area contributed by atoms with E-state index in [0.717, 1.165) is 0 Å². The van der Waals surface area contributed by atoms with E-state index < -0.39 is 5.41 Å². The van der Waals surface area contributed by atoms with Crippen molar-refractivity contribution in [2.75, 3.05) is 7.05 Å². The first-order valence-electron chi connectivity index (χ1n) is 5.53. The maximum Gasteiger partial charge on any atom is 0.231 e. The van der Waals surface area contributed by atoms with Crippen LogP contribution >= 0.6 is 0 Å². The fraction of sp³-hybridized carbons (Fsp3) is 0.538. The third-order valence-corrected chi connectivity index (χ3v) is 3.87. The molecular formula is C13H16N2O. The van der Waals surface area contributed by atoms with Gasteiger partial charge in [-0.05, 0) is 32.8 Å². The van der Waals surface area contributed by atoms with E-state index >= 15 is 0 Å². The van der Waals surface area contributed by atoms with E-state index in [1.54, 1.807) is 18.1 Å². The molecular weight excluding hydrogens is 200 g/mol. The molecule has 2 aliphatic rings. The molecule has 84 valence electrons. The summed E-state index contributed by atoms with van der Waals surface area (Å²) in [5.74, 6) is -0.132. The van der Waals surface area contributed by atoms with Crippen LogP contribution in [0.25, 0.3) is 0 Å². The fourth-order valence-corrected chi connectivity index (χ4v) is 2.58. The van der Waals surface area contributed by atoms with Crippen LogP contribution in [-0.4, -0.2) is 17.9 Å². The third kappa shape index (κ3) is 1.37. The van der Waals surface area contributed by atoms with Crippen molar-refractivity contribution in [1.82, 2.24) is 4.90 Å². The van der Waals surface area contributed by atoms with Gasteiger partial charge in [0.1, 0.15) is 0 Å². The lowest BCUT2D eigenvalue weighted by molar-refractivity contribution is -0.135. The average Bonchev–Trinajstić information content (AvgIpc) is 2.27. The standard InChI is InChI=1S/C13H16N2O/c1-9-6-11-12(16)15(3)5-4-13(11,8-14)7-10(9)2/h4-5,11H,6-7H2,1-3H3. The Morgan fingerprint density at radius 1 is 1.50 bits per heavy atom. The predicted molar refractivity (Wildman–Crippen MR) is 61.1 cm³/mol. The molecule has 2 rings (SSSR count). The van der Waals surface area contributed by atoms with E-state index in [1.165, 1.54) is 11.1 Å².